The first-order valence-electron chi connectivity index (χ1n) is 4.16. The molecule has 1 aliphatic rings. The second kappa shape index (κ2) is 3.32. The van der Waals surface area contributed by atoms with E-state index in [1.165, 1.54) is 19.4 Å². The molecular weight excluding hydrogens is 158 g/mol. The summed E-state index contributed by atoms with van der Waals surface area (Å²) < 4.78 is 0. The van der Waals surface area contributed by atoms with Crippen LogP contribution in [0.4, 0.5) is 0 Å². The highest BCUT2D eigenvalue weighted by Crippen LogP contribution is 2.30. The highest BCUT2D eigenvalue weighted by molar-refractivity contribution is 5.85. The van der Waals surface area contributed by atoms with Gasteiger partial charge in [0, 0.05) is 12.1 Å². The topological polar surface area (TPSA) is 12.0 Å². The predicted octanol–water partition coefficient (Wildman–Crippen LogP) is 2.60. The first kappa shape index (κ1) is 11.2. The summed E-state index contributed by atoms with van der Waals surface area (Å²) in [5, 5.41) is 3.55. The molecule has 0 atom stereocenters. The van der Waals surface area contributed by atoms with Gasteiger partial charge >= 0.3 is 0 Å². The SMILES string of the molecule is CC1(C)CCC(C)(C)NC1.Cl. The predicted molar refractivity (Wildman–Crippen MR) is 52.3 cm³/mol. The normalized spacial score (nSPS) is 27.3. The molecule has 0 spiro atoms. The van der Waals surface area contributed by atoms with Crippen LogP contribution in [0.5, 0.6) is 0 Å². The van der Waals surface area contributed by atoms with Gasteiger partial charge in [-0.1, -0.05) is 13.8 Å². The Kier molecular flexibility index (Phi) is 3.40. The van der Waals surface area contributed by atoms with Crippen LogP contribution < -0.4 is 5.32 Å². The smallest absolute Gasteiger partial charge is 0.0125 e. The lowest BCUT2D eigenvalue weighted by atomic mass is 9.78. The second-order valence-electron chi connectivity index (χ2n) is 4.90. The first-order valence-corrected chi connectivity index (χ1v) is 4.16. The lowest BCUT2D eigenvalue weighted by molar-refractivity contribution is 0.175. The van der Waals surface area contributed by atoms with E-state index < -0.39 is 0 Å². The van der Waals surface area contributed by atoms with Crippen LogP contribution in [0.25, 0.3) is 0 Å². The molecule has 0 saturated carbocycles. The van der Waals surface area contributed by atoms with E-state index in [1.54, 1.807) is 0 Å². The number of rotatable bonds is 0. The van der Waals surface area contributed by atoms with Crippen LogP contribution >= 0.6 is 12.4 Å². The molecule has 0 radical (unpaired) electrons. The lowest BCUT2D eigenvalue weighted by Crippen LogP contribution is -2.49. The van der Waals surface area contributed by atoms with E-state index in [0.29, 0.717) is 11.0 Å². The average Bonchev–Trinajstić information content (AvgIpc) is 1.79. The van der Waals surface area contributed by atoms with E-state index in [2.05, 4.69) is 33.0 Å². The van der Waals surface area contributed by atoms with E-state index in [4.69, 9.17) is 0 Å². The monoisotopic (exact) mass is 177 g/mol. The van der Waals surface area contributed by atoms with Crippen LogP contribution in [0.1, 0.15) is 40.5 Å². The van der Waals surface area contributed by atoms with E-state index in [0.717, 1.165) is 0 Å². The highest BCUT2D eigenvalue weighted by atomic mass is 35.5. The molecule has 0 aromatic carbocycles. The minimum atomic E-state index is 0. The van der Waals surface area contributed by atoms with Gasteiger partial charge in [-0.25, -0.2) is 0 Å². The van der Waals surface area contributed by atoms with Crippen molar-refractivity contribution in [1.82, 2.24) is 5.32 Å². The van der Waals surface area contributed by atoms with Gasteiger partial charge in [0.1, 0.15) is 0 Å². The van der Waals surface area contributed by atoms with Gasteiger partial charge in [0.2, 0.25) is 0 Å². The Bertz CT molecular complexity index is 102. The number of piperidine rings is 1. The maximum absolute atomic E-state index is 3.55. The van der Waals surface area contributed by atoms with Gasteiger partial charge in [-0.3, -0.25) is 0 Å². The van der Waals surface area contributed by atoms with Gasteiger partial charge in [0.05, 0.1) is 0 Å². The molecule has 1 fully saturated rings. The van der Waals surface area contributed by atoms with Crippen molar-refractivity contribution in [3.63, 3.8) is 0 Å². The van der Waals surface area contributed by atoms with Crippen molar-refractivity contribution in [1.29, 1.82) is 0 Å². The third-order valence-electron chi connectivity index (χ3n) is 2.47. The molecule has 0 aliphatic carbocycles. The molecule has 1 aliphatic heterocycles. The Morgan fingerprint density at radius 3 is 1.82 bits per heavy atom. The van der Waals surface area contributed by atoms with Crippen molar-refractivity contribution in [2.24, 2.45) is 5.41 Å². The molecule has 1 nitrogen and oxygen atoms in total. The van der Waals surface area contributed by atoms with E-state index in [-0.39, 0.29) is 12.4 Å². The number of halogens is 1. The van der Waals surface area contributed by atoms with Gasteiger partial charge in [-0.15, -0.1) is 12.4 Å². The van der Waals surface area contributed by atoms with Gasteiger partial charge in [-0.2, -0.15) is 0 Å². The molecule has 1 heterocycles. The molecular formula is C9H20ClN. The van der Waals surface area contributed by atoms with Crippen LogP contribution in [0.15, 0.2) is 0 Å². The fourth-order valence-corrected chi connectivity index (χ4v) is 1.31. The van der Waals surface area contributed by atoms with Gasteiger partial charge in [0.25, 0.3) is 0 Å². The van der Waals surface area contributed by atoms with Gasteiger partial charge in [-0.05, 0) is 32.1 Å². The number of nitrogens with one attached hydrogen (secondary N) is 1. The van der Waals surface area contributed by atoms with Crippen molar-refractivity contribution >= 4 is 12.4 Å². The summed E-state index contributed by atoms with van der Waals surface area (Å²) in [5.74, 6) is 0. The van der Waals surface area contributed by atoms with Gasteiger partial charge in [0.15, 0.2) is 0 Å². The Labute approximate surface area is 76.4 Å². The van der Waals surface area contributed by atoms with Crippen molar-refractivity contribution in [2.75, 3.05) is 6.54 Å². The summed E-state index contributed by atoms with van der Waals surface area (Å²) in [4.78, 5) is 0. The Balaban J connectivity index is 0.000001000. The Morgan fingerprint density at radius 2 is 1.55 bits per heavy atom. The van der Waals surface area contributed by atoms with Crippen molar-refractivity contribution in [3.05, 3.63) is 0 Å². The Morgan fingerprint density at radius 1 is 1.00 bits per heavy atom. The zero-order valence-electron chi connectivity index (χ0n) is 8.03. The molecule has 1 rings (SSSR count). The minimum absolute atomic E-state index is 0. The average molecular weight is 178 g/mol. The fraction of sp³-hybridized carbons (Fsp3) is 1.00. The standard InChI is InChI=1S/C9H19N.ClH/c1-8(2)5-6-9(3,4)10-7-8;/h10H,5-7H2,1-4H3;1H. The largest absolute Gasteiger partial charge is 0.311 e. The second-order valence-corrected chi connectivity index (χ2v) is 4.90. The molecule has 11 heavy (non-hydrogen) atoms. The molecule has 2 heteroatoms. The van der Waals surface area contributed by atoms with Crippen LogP contribution in [-0.4, -0.2) is 12.1 Å². The van der Waals surface area contributed by atoms with Gasteiger partial charge < -0.3 is 5.32 Å². The van der Waals surface area contributed by atoms with Crippen LogP contribution in [0.2, 0.25) is 0 Å². The number of hydrogen-bond acceptors (Lipinski definition) is 1. The van der Waals surface area contributed by atoms with E-state index in [9.17, 15) is 0 Å². The summed E-state index contributed by atoms with van der Waals surface area (Å²) in [6.07, 6.45) is 2.66. The molecule has 0 aromatic rings. The molecule has 1 N–H and O–H groups in total. The maximum Gasteiger partial charge on any atom is 0.0125 e. The molecule has 0 aromatic heterocycles. The number of hydrogen-bond donors (Lipinski definition) is 1. The van der Waals surface area contributed by atoms with Crippen molar-refractivity contribution in [2.45, 2.75) is 46.1 Å². The Hall–Kier alpha value is 0.250. The third-order valence-corrected chi connectivity index (χ3v) is 2.47. The molecule has 1 saturated heterocycles. The summed E-state index contributed by atoms with van der Waals surface area (Å²) in [5.41, 5.74) is 0.908. The quantitative estimate of drug-likeness (QED) is 0.600. The first-order chi connectivity index (χ1) is 4.41. The maximum atomic E-state index is 3.55. The summed E-state index contributed by atoms with van der Waals surface area (Å²) in [6.45, 7) is 10.4. The fourth-order valence-electron chi connectivity index (χ4n) is 1.31. The third kappa shape index (κ3) is 3.44. The summed E-state index contributed by atoms with van der Waals surface area (Å²) in [7, 11) is 0. The van der Waals surface area contributed by atoms with Crippen LogP contribution in [0, 0.1) is 5.41 Å². The molecule has 0 amide bonds. The summed E-state index contributed by atoms with van der Waals surface area (Å²) in [6, 6.07) is 0. The van der Waals surface area contributed by atoms with E-state index >= 15 is 0 Å². The molecule has 0 unspecified atom stereocenters. The highest BCUT2D eigenvalue weighted by Gasteiger charge is 2.30. The minimum Gasteiger partial charge on any atom is -0.311 e. The van der Waals surface area contributed by atoms with Crippen LogP contribution in [0.3, 0.4) is 0 Å². The zero-order valence-corrected chi connectivity index (χ0v) is 8.85. The summed E-state index contributed by atoms with van der Waals surface area (Å²) >= 11 is 0. The molecule has 0 bridgehead atoms. The van der Waals surface area contributed by atoms with Crippen molar-refractivity contribution in [3.8, 4) is 0 Å². The van der Waals surface area contributed by atoms with E-state index in [1.807, 2.05) is 0 Å². The molecule has 68 valence electrons. The van der Waals surface area contributed by atoms with Crippen molar-refractivity contribution < 1.29 is 0 Å². The lowest BCUT2D eigenvalue weighted by Gasteiger charge is -2.40. The van der Waals surface area contributed by atoms with Crippen LogP contribution in [-0.2, 0) is 0 Å². The zero-order chi connectivity index (χ0) is 7.83.